The van der Waals surface area contributed by atoms with E-state index in [2.05, 4.69) is 20.5 Å². The molecule has 6 heteroatoms. The number of amides is 1. The van der Waals surface area contributed by atoms with E-state index in [0.29, 0.717) is 12.4 Å². The highest BCUT2D eigenvalue weighted by Gasteiger charge is 2.38. The van der Waals surface area contributed by atoms with Crippen molar-refractivity contribution in [1.82, 2.24) is 25.4 Å². The van der Waals surface area contributed by atoms with Gasteiger partial charge in [0, 0.05) is 13.6 Å². The smallest absolute Gasteiger partial charge is 0.229 e. The zero-order valence-corrected chi connectivity index (χ0v) is 10.6. The van der Waals surface area contributed by atoms with Gasteiger partial charge in [0.05, 0.1) is 12.0 Å². The van der Waals surface area contributed by atoms with Gasteiger partial charge in [0.1, 0.15) is 5.82 Å². The zero-order chi connectivity index (χ0) is 12.5. The lowest BCUT2D eigenvalue weighted by atomic mass is 9.88. The van der Waals surface area contributed by atoms with Crippen LogP contribution in [0, 0.1) is 12.3 Å². The summed E-state index contributed by atoms with van der Waals surface area (Å²) in [5.41, 5.74) is -0.278. The fraction of sp³-hybridized carbons (Fsp3) is 0.727. The molecule has 0 radical (unpaired) electrons. The van der Waals surface area contributed by atoms with Crippen LogP contribution in [0.1, 0.15) is 25.0 Å². The molecule has 17 heavy (non-hydrogen) atoms. The third-order valence-corrected chi connectivity index (χ3v) is 3.25. The number of carbonyl (C=O) groups is 1. The number of aromatic amines is 1. The molecule has 94 valence electrons. The van der Waals surface area contributed by atoms with Gasteiger partial charge in [0.2, 0.25) is 5.91 Å². The standard InChI is InChI=1S/C11H19N5O/c1-8-13-9(15-14-8)6-16(3)10(17)11(2)4-5-12-7-11/h12H,4-7H2,1-3H3,(H,13,14,15). The van der Waals surface area contributed by atoms with Crippen LogP contribution in [0.25, 0.3) is 0 Å². The number of hydrogen-bond donors (Lipinski definition) is 2. The van der Waals surface area contributed by atoms with Crippen LogP contribution in [-0.2, 0) is 11.3 Å². The summed E-state index contributed by atoms with van der Waals surface area (Å²) in [4.78, 5) is 18.2. The Kier molecular flexibility index (Phi) is 3.15. The van der Waals surface area contributed by atoms with E-state index < -0.39 is 0 Å². The molecule has 0 aromatic carbocycles. The van der Waals surface area contributed by atoms with Gasteiger partial charge in [-0.2, -0.15) is 5.10 Å². The molecule has 2 rings (SSSR count). The van der Waals surface area contributed by atoms with Gasteiger partial charge in [-0.3, -0.25) is 9.89 Å². The third kappa shape index (κ3) is 2.46. The lowest BCUT2D eigenvalue weighted by molar-refractivity contribution is -0.139. The lowest BCUT2D eigenvalue weighted by Crippen LogP contribution is -2.41. The minimum atomic E-state index is -0.278. The predicted octanol–water partition coefficient (Wildman–Crippen LogP) is 0.0711. The van der Waals surface area contributed by atoms with Gasteiger partial charge in [0.15, 0.2) is 5.82 Å². The minimum Gasteiger partial charge on any atom is -0.338 e. The van der Waals surface area contributed by atoms with Crippen molar-refractivity contribution in [2.75, 3.05) is 20.1 Å². The van der Waals surface area contributed by atoms with E-state index in [-0.39, 0.29) is 11.3 Å². The summed E-state index contributed by atoms with van der Waals surface area (Å²) < 4.78 is 0. The molecule has 0 aliphatic carbocycles. The number of nitrogens with zero attached hydrogens (tertiary/aromatic N) is 3. The number of carbonyl (C=O) groups excluding carboxylic acids is 1. The Bertz CT molecular complexity index is 408. The molecule has 0 saturated carbocycles. The first-order valence-corrected chi connectivity index (χ1v) is 5.85. The zero-order valence-electron chi connectivity index (χ0n) is 10.6. The van der Waals surface area contributed by atoms with Crippen molar-refractivity contribution < 1.29 is 4.79 Å². The highest BCUT2D eigenvalue weighted by Crippen LogP contribution is 2.27. The number of aromatic nitrogens is 3. The molecule has 1 atom stereocenters. The molecule has 1 aromatic heterocycles. The van der Waals surface area contributed by atoms with Crippen LogP contribution in [0.4, 0.5) is 0 Å². The van der Waals surface area contributed by atoms with E-state index in [1.807, 2.05) is 13.8 Å². The first kappa shape index (κ1) is 12.0. The Balaban J connectivity index is 2.00. The van der Waals surface area contributed by atoms with Crippen LogP contribution >= 0.6 is 0 Å². The summed E-state index contributed by atoms with van der Waals surface area (Å²) in [5.74, 6) is 1.59. The molecule has 2 N–H and O–H groups in total. The summed E-state index contributed by atoms with van der Waals surface area (Å²) in [5, 5.41) is 10.1. The van der Waals surface area contributed by atoms with Crippen LogP contribution in [-0.4, -0.2) is 46.1 Å². The molecule has 1 saturated heterocycles. The van der Waals surface area contributed by atoms with Crippen molar-refractivity contribution in [2.45, 2.75) is 26.8 Å². The summed E-state index contributed by atoms with van der Waals surface area (Å²) in [6, 6.07) is 0. The van der Waals surface area contributed by atoms with Crippen molar-refractivity contribution in [1.29, 1.82) is 0 Å². The second kappa shape index (κ2) is 4.44. The highest BCUT2D eigenvalue weighted by molar-refractivity contribution is 5.82. The Labute approximate surface area is 101 Å². The van der Waals surface area contributed by atoms with E-state index in [9.17, 15) is 4.79 Å². The summed E-state index contributed by atoms with van der Waals surface area (Å²) >= 11 is 0. The van der Waals surface area contributed by atoms with Crippen LogP contribution in [0.5, 0.6) is 0 Å². The quantitative estimate of drug-likeness (QED) is 0.780. The summed E-state index contributed by atoms with van der Waals surface area (Å²) in [7, 11) is 1.80. The molecule has 1 amide bonds. The molecule has 0 spiro atoms. The molecule has 6 nitrogen and oxygen atoms in total. The Morgan fingerprint density at radius 1 is 1.59 bits per heavy atom. The number of H-pyrrole nitrogens is 1. The highest BCUT2D eigenvalue weighted by atomic mass is 16.2. The molecule has 2 heterocycles. The molecule has 1 aromatic rings. The van der Waals surface area contributed by atoms with Crippen LogP contribution in [0.2, 0.25) is 0 Å². The molecule has 0 bridgehead atoms. The van der Waals surface area contributed by atoms with Crippen molar-refractivity contribution in [2.24, 2.45) is 5.41 Å². The Morgan fingerprint density at radius 3 is 2.88 bits per heavy atom. The maximum Gasteiger partial charge on any atom is 0.229 e. The van der Waals surface area contributed by atoms with Crippen LogP contribution in [0.3, 0.4) is 0 Å². The minimum absolute atomic E-state index is 0.157. The number of rotatable bonds is 3. The molecule has 1 unspecified atom stereocenters. The Morgan fingerprint density at radius 2 is 2.35 bits per heavy atom. The van der Waals surface area contributed by atoms with E-state index >= 15 is 0 Å². The molecule has 1 aliphatic rings. The second-order valence-electron chi connectivity index (χ2n) is 4.99. The second-order valence-corrected chi connectivity index (χ2v) is 4.99. The number of aryl methyl sites for hydroxylation is 1. The van der Waals surface area contributed by atoms with Gasteiger partial charge in [-0.15, -0.1) is 0 Å². The first-order valence-electron chi connectivity index (χ1n) is 5.85. The molecule has 1 fully saturated rings. The van der Waals surface area contributed by atoms with Crippen LogP contribution < -0.4 is 5.32 Å². The molecule has 1 aliphatic heterocycles. The van der Waals surface area contributed by atoms with Gasteiger partial charge < -0.3 is 10.2 Å². The Hall–Kier alpha value is -1.43. The van der Waals surface area contributed by atoms with Gasteiger partial charge in [0.25, 0.3) is 0 Å². The topological polar surface area (TPSA) is 73.9 Å². The third-order valence-electron chi connectivity index (χ3n) is 3.25. The fourth-order valence-corrected chi connectivity index (χ4v) is 2.20. The van der Waals surface area contributed by atoms with Gasteiger partial charge in [-0.25, -0.2) is 4.98 Å². The monoisotopic (exact) mass is 237 g/mol. The van der Waals surface area contributed by atoms with Crippen molar-refractivity contribution in [3.63, 3.8) is 0 Å². The number of nitrogens with one attached hydrogen (secondary N) is 2. The normalized spacial score (nSPS) is 23.9. The van der Waals surface area contributed by atoms with E-state index in [4.69, 9.17) is 0 Å². The SMILES string of the molecule is Cc1nc(CN(C)C(=O)C2(C)CCNC2)n[nH]1. The first-order chi connectivity index (χ1) is 8.01. The number of hydrogen-bond acceptors (Lipinski definition) is 4. The van der Waals surface area contributed by atoms with Gasteiger partial charge in [-0.05, 0) is 26.8 Å². The summed E-state index contributed by atoms with van der Waals surface area (Å²) in [6.07, 6.45) is 0.892. The summed E-state index contributed by atoms with van der Waals surface area (Å²) in [6.45, 7) is 5.98. The maximum atomic E-state index is 12.3. The van der Waals surface area contributed by atoms with Crippen molar-refractivity contribution in [3.05, 3.63) is 11.6 Å². The maximum absolute atomic E-state index is 12.3. The van der Waals surface area contributed by atoms with E-state index in [1.54, 1.807) is 11.9 Å². The van der Waals surface area contributed by atoms with E-state index in [0.717, 1.165) is 25.3 Å². The average Bonchev–Trinajstić information content (AvgIpc) is 2.88. The van der Waals surface area contributed by atoms with Crippen molar-refractivity contribution in [3.8, 4) is 0 Å². The molecular weight excluding hydrogens is 218 g/mol. The van der Waals surface area contributed by atoms with E-state index in [1.165, 1.54) is 0 Å². The molecular formula is C11H19N5O. The van der Waals surface area contributed by atoms with Gasteiger partial charge >= 0.3 is 0 Å². The fourth-order valence-electron chi connectivity index (χ4n) is 2.20. The largest absolute Gasteiger partial charge is 0.338 e. The average molecular weight is 237 g/mol. The van der Waals surface area contributed by atoms with Gasteiger partial charge in [-0.1, -0.05) is 0 Å². The van der Waals surface area contributed by atoms with Crippen molar-refractivity contribution >= 4 is 5.91 Å². The van der Waals surface area contributed by atoms with Crippen LogP contribution in [0.15, 0.2) is 0 Å². The predicted molar refractivity (Wildman–Crippen MR) is 63.2 cm³/mol. The lowest BCUT2D eigenvalue weighted by Gasteiger charge is -2.27.